The van der Waals surface area contributed by atoms with Gasteiger partial charge in [-0.2, -0.15) is 0 Å². The third-order valence-corrected chi connectivity index (χ3v) is 4.46. The number of pyridine rings is 1. The number of nitrogens with zero attached hydrogens (tertiary/aromatic N) is 2. The Morgan fingerprint density at radius 3 is 2.50 bits per heavy atom. The monoisotopic (exact) mass is 339 g/mol. The predicted octanol–water partition coefficient (Wildman–Crippen LogP) is 3.46. The summed E-state index contributed by atoms with van der Waals surface area (Å²) < 4.78 is 0. The number of aryl methyl sites for hydroxylation is 1. The molecule has 0 bridgehead atoms. The first kappa shape index (κ1) is 15.8. The van der Waals surface area contributed by atoms with Crippen molar-refractivity contribution in [2.45, 2.75) is 6.92 Å². The number of carbonyl (C=O) groups is 2. The SMILES string of the molecule is Cc1nc(-c2ccccn2)sc1C(=O)Nc1ccc(C(=O)O)cc1. The molecule has 0 spiro atoms. The highest BCUT2D eigenvalue weighted by Gasteiger charge is 2.17. The lowest BCUT2D eigenvalue weighted by atomic mass is 10.2. The number of carbonyl (C=O) groups excluding carboxylic acids is 1. The molecule has 6 nitrogen and oxygen atoms in total. The van der Waals surface area contributed by atoms with Gasteiger partial charge in [0, 0.05) is 11.9 Å². The molecule has 0 unspecified atom stereocenters. The number of anilines is 1. The fraction of sp³-hybridized carbons (Fsp3) is 0.0588. The van der Waals surface area contributed by atoms with Crippen molar-refractivity contribution in [2.75, 3.05) is 5.32 Å². The Morgan fingerprint density at radius 1 is 1.12 bits per heavy atom. The number of amides is 1. The Morgan fingerprint density at radius 2 is 1.88 bits per heavy atom. The molecule has 120 valence electrons. The van der Waals surface area contributed by atoms with E-state index in [-0.39, 0.29) is 11.5 Å². The Balaban J connectivity index is 1.80. The van der Waals surface area contributed by atoms with Gasteiger partial charge in [-0.1, -0.05) is 6.07 Å². The second-order valence-corrected chi connectivity index (χ2v) is 5.98. The molecule has 0 radical (unpaired) electrons. The summed E-state index contributed by atoms with van der Waals surface area (Å²) in [5, 5.41) is 12.3. The summed E-state index contributed by atoms with van der Waals surface area (Å²) in [6, 6.07) is 11.5. The highest BCUT2D eigenvalue weighted by atomic mass is 32.1. The Labute approximate surface area is 141 Å². The van der Waals surface area contributed by atoms with Crippen LogP contribution in [0.25, 0.3) is 10.7 Å². The predicted molar refractivity (Wildman–Crippen MR) is 91.4 cm³/mol. The van der Waals surface area contributed by atoms with E-state index in [1.165, 1.54) is 23.5 Å². The van der Waals surface area contributed by atoms with Crippen LogP contribution in [0.5, 0.6) is 0 Å². The van der Waals surface area contributed by atoms with E-state index in [9.17, 15) is 9.59 Å². The quantitative estimate of drug-likeness (QED) is 0.759. The van der Waals surface area contributed by atoms with Crippen LogP contribution in [0, 0.1) is 6.92 Å². The summed E-state index contributed by atoms with van der Waals surface area (Å²) in [5.41, 5.74) is 2.03. The summed E-state index contributed by atoms with van der Waals surface area (Å²) in [6.07, 6.45) is 1.68. The van der Waals surface area contributed by atoms with Gasteiger partial charge in [0.2, 0.25) is 0 Å². The van der Waals surface area contributed by atoms with Gasteiger partial charge in [0.1, 0.15) is 9.88 Å². The van der Waals surface area contributed by atoms with Crippen molar-refractivity contribution in [3.8, 4) is 10.7 Å². The van der Waals surface area contributed by atoms with Gasteiger partial charge in [-0.25, -0.2) is 9.78 Å². The van der Waals surface area contributed by atoms with Gasteiger partial charge in [-0.05, 0) is 43.3 Å². The van der Waals surface area contributed by atoms with Crippen molar-refractivity contribution in [2.24, 2.45) is 0 Å². The van der Waals surface area contributed by atoms with Crippen LogP contribution in [0.15, 0.2) is 48.7 Å². The number of carboxylic acid groups (broad SMARTS) is 1. The Hall–Kier alpha value is -3.06. The maximum absolute atomic E-state index is 12.4. The molecule has 0 saturated heterocycles. The fourth-order valence-corrected chi connectivity index (χ4v) is 3.03. The summed E-state index contributed by atoms with van der Waals surface area (Å²) in [4.78, 5) is 32.4. The van der Waals surface area contributed by atoms with E-state index >= 15 is 0 Å². The van der Waals surface area contributed by atoms with Gasteiger partial charge < -0.3 is 10.4 Å². The third-order valence-electron chi connectivity index (χ3n) is 3.28. The van der Waals surface area contributed by atoms with Crippen molar-refractivity contribution in [1.82, 2.24) is 9.97 Å². The van der Waals surface area contributed by atoms with Crippen LogP contribution in [-0.4, -0.2) is 27.0 Å². The van der Waals surface area contributed by atoms with E-state index in [0.29, 0.717) is 21.3 Å². The molecule has 2 N–H and O–H groups in total. The number of nitrogens with one attached hydrogen (secondary N) is 1. The van der Waals surface area contributed by atoms with Gasteiger partial charge in [-0.3, -0.25) is 9.78 Å². The number of carboxylic acids is 1. The molecule has 0 aliphatic heterocycles. The number of aromatic carboxylic acids is 1. The molecule has 3 rings (SSSR count). The molecule has 0 aliphatic carbocycles. The number of benzene rings is 1. The molecule has 0 fully saturated rings. The number of aromatic nitrogens is 2. The lowest BCUT2D eigenvalue weighted by Gasteiger charge is -2.04. The van der Waals surface area contributed by atoms with E-state index in [4.69, 9.17) is 5.11 Å². The zero-order valence-electron chi connectivity index (χ0n) is 12.7. The minimum Gasteiger partial charge on any atom is -0.478 e. The number of hydrogen-bond donors (Lipinski definition) is 2. The largest absolute Gasteiger partial charge is 0.478 e. The highest BCUT2D eigenvalue weighted by Crippen LogP contribution is 2.27. The summed E-state index contributed by atoms with van der Waals surface area (Å²) in [5.74, 6) is -1.29. The van der Waals surface area contributed by atoms with Gasteiger partial charge >= 0.3 is 5.97 Å². The maximum atomic E-state index is 12.4. The van der Waals surface area contributed by atoms with Crippen LogP contribution in [-0.2, 0) is 0 Å². The lowest BCUT2D eigenvalue weighted by molar-refractivity contribution is 0.0696. The minimum absolute atomic E-state index is 0.166. The molecule has 1 aromatic carbocycles. The molecule has 0 atom stereocenters. The van der Waals surface area contributed by atoms with Crippen molar-refractivity contribution in [3.63, 3.8) is 0 Å². The maximum Gasteiger partial charge on any atom is 0.335 e. The Kier molecular flexibility index (Phi) is 4.35. The van der Waals surface area contributed by atoms with Gasteiger partial charge in [0.05, 0.1) is 17.0 Å². The standard InChI is InChI=1S/C17H13N3O3S/c1-10-14(24-16(19-10)13-4-2-3-9-18-13)15(21)20-12-7-5-11(6-8-12)17(22)23/h2-9H,1H3,(H,20,21)(H,22,23). The van der Waals surface area contributed by atoms with Gasteiger partial charge in [-0.15, -0.1) is 11.3 Å². The van der Waals surface area contributed by atoms with Crippen LogP contribution in [0.3, 0.4) is 0 Å². The van der Waals surface area contributed by atoms with Crippen molar-refractivity contribution < 1.29 is 14.7 Å². The molecule has 1 amide bonds. The highest BCUT2D eigenvalue weighted by molar-refractivity contribution is 7.17. The van der Waals surface area contributed by atoms with Crippen LogP contribution in [0.4, 0.5) is 5.69 Å². The van der Waals surface area contributed by atoms with E-state index < -0.39 is 5.97 Å². The molecule has 3 aromatic rings. The van der Waals surface area contributed by atoms with Crippen LogP contribution < -0.4 is 5.32 Å². The fourth-order valence-electron chi connectivity index (χ4n) is 2.09. The van der Waals surface area contributed by atoms with Crippen LogP contribution >= 0.6 is 11.3 Å². The first-order chi connectivity index (χ1) is 11.5. The first-order valence-electron chi connectivity index (χ1n) is 7.08. The molecule has 24 heavy (non-hydrogen) atoms. The zero-order chi connectivity index (χ0) is 17.1. The summed E-state index contributed by atoms with van der Waals surface area (Å²) in [6.45, 7) is 1.77. The lowest BCUT2D eigenvalue weighted by Crippen LogP contribution is -2.11. The second-order valence-electron chi connectivity index (χ2n) is 4.99. The number of thiazole rings is 1. The van der Waals surface area contributed by atoms with E-state index in [0.717, 1.165) is 5.69 Å². The normalized spacial score (nSPS) is 10.4. The molecular formula is C17H13N3O3S. The average molecular weight is 339 g/mol. The van der Waals surface area contributed by atoms with Gasteiger partial charge in [0.15, 0.2) is 0 Å². The third kappa shape index (κ3) is 3.31. The smallest absolute Gasteiger partial charge is 0.335 e. The molecule has 0 aliphatic rings. The summed E-state index contributed by atoms with van der Waals surface area (Å²) in [7, 11) is 0. The Bertz CT molecular complexity index is 889. The van der Waals surface area contributed by atoms with Crippen molar-refractivity contribution in [1.29, 1.82) is 0 Å². The molecule has 0 saturated carbocycles. The average Bonchev–Trinajstić information content (AvgIpc) is 2.98. The van der Waals surface area contributed by atoms with Crippen molar-refractivity contribution in [3.05, 3.63) is 64.8 Å². The van der Waals surface area contributed by atoms with E-state index in [1.54, 1.807) is 25.3 Å². The van der Waals surface area contributed by atoms with E-state index in [1.807, 2.05) is 18.2 Å². The molecule has 2 heterocycles. The van der Waals surface area contributed by atoms with Crippen molar-refractivity contribution >= 4 is 28.9 Å². The van der Waals surface area contributed by atoms with Crippen LogP contribution in [0.1, 0.15) is 25.7 Å². The van der Waals surface area contributed by atoms with Crippen LogP contribution in [0.2, 0.25) is 0 Å². The topological polar surface area (TPSA) is 92.2 Å². The number of rotatable bonds is 4. The molecule has 7 heteroatoms. The van der Waals surface area contributed by atoms with E-state index in [2.05, 4.69) is 15.3 Å². The molecule has 2 aromatic heterocycles. The first-order valence-corrected chi connectivity index (χ1v) is 7.90. The van der Waals surface area contributed by atoms with Gasteiger partial charge in [0.25, 0.3) is 5.91 Å². The second kappa shape index (κ2) is 6.59. The number of hydrogen-bond acceptors (Lipinski definition) is 5. The summed E-state index contributed by atoms with van der Waals surface area (Å²) >= 11 is 1.27. The molecular weight excluding hydrogens is 326 g/mol. The zero-order valence-corrected chi connectivity index (χ0v) is 13.5. The minimum atomic E-state index is -1.01.